The summed E-state index contributed by atoms with van der Waals surface area (Å²) >= 11 is 0. The number of hydrogen-bond acceptors (Lipinski definition) is 4. The largest absolute Gasteiger partial charge is 0.382 e. The van der Waals surface area contributed by atoms with E-state index in [1.54, 1.807) is 11.9 Å². The molecule has 1 fully saturated rings. The average Bonchev–Trinajstić information content (AvgIpc) is 2.57. The summed E-state index contributed by atoms with van der Waals surface area (Å²) in [6.07, 6.45) is 0.0454. The molecule has 0 bridgehead atoms. The van der Waals surface area contributed by atoms with Crippen LogP contribution in [-0.2, 0) is 19.1 Å². The fourth-order valence-electron chi connectivity index (χ4n) is 2.61. The molecule has 1 aliphatic rings. The lowest BCUT2D eigenvalue weighted by Crippen LogP contribution is -2.53. The third kappa shape index (κ3) is 4.53. The molecule has 0 spiro atoms. The molecule has 1 heterocycles. The van der Waals surface area contributed by atoms with E-state index in [2.05, 4.69) is 5.32 Å². The molecule has 0 saturated carbocycles. The highest BCUT2D eigenvalue weighted by molar-refractivity contribution is 5.86. The number of rotatable bonds is 7. The van der Waals surface area contributed by atoms with Gasteiger partial charge >= 0.3 is 0 Å². The molecule has 2 rings (SSSR count). The number of morpholine rings is 1. The standard InChI is InChI=1S/C17H24N2O4/c1-3-22-11-7-10-18-17(21)16-15(13-8-5-4-6-9-13)19(2)14(20)12-23-16/h4-6,8-9,15-16H,3,7,10-12H2,1-2H3,(H,18,21). The smallest absolute Gasteiger partial charge is 0.251 e. The molecule has 2 unspecified atom stereocenters. The Morgan fingerprint density at radius 3 is 2.83 bits per heavy atom. The highest BCUT2D eigenvalue weighted by Crippen LogP contribution is 2.28. The molecule has 2 atom stereocenters. The highest BCUT2D eigenvalue weighted by Gasteiger charge is 2.39. The van der Waals surface area contributed by atoms with Gasteiger partial charge in [-0.2, -0.15) is 0 Å². The SMILES string of the molecule is CCOCCCNC(=O)C1OCC(=O)N(C)C1c1ccccc1. The van der Waals surface area contributed by atoms with Gasteiger partial charge in [0.15, 0.2) is 6.10 Å². The predicted molar refractivity (Wildman–Crippen MR) is 85.8 cm³/mol. The van der Waals surface area contributed by atoms with Gasteiger partial charge in [0, 0.05) is 26.8 Å². The van der Waals surface area contributed by atoms with Gasteiger partial charge in [0.25, 0.3) is 5.91 Å². The van der Waals surface area contributed by atoms with Crippen molar-refractivity contribution in [3.05, 3.63) is 35.9 Å². The van der Waals surface area contributed by atoms with Gasteiger partial charge in [-0.25, -0.2) is 0 Å². The quantitative estimate of drug-likeness (QED) is 0.765. The van der Waals surface area contributed by atoms with Gasteiger partial charge in [0.2, 0.25) is 5.91 Å². The summed E-state index contributed by atoms with van der Waals surface area (Å²) in [5.74, 6) is -0.325. The second-order valence-corrected chi connectivity index (χ2v) is 5.43. The highest BCUT2D eigenvalue weighted by atomic mass is 16.5. The first-order valence-electron chi connectivity index (χ1n) is 7.92. The topological polar surface area (TPSA) is 67.9 Å². The van der Waals surface area contributed by atoms with Crippen LogP contribution in [0.15, 0.2) is 30.3 Å². The van der Waals surface area contributed by atoms with E-state index in [-0.39, 0.29) is 18.4 Å². The normalized spacial score (nSPS) is 21.3. The average molecular weight is 320 g/mol. The van der Waals surface area contributed by atoms with Crippen molar-refractivity contribution in [2.75, 3.05) is 33.4 Å². The zero-order chi connectivity index (χ0) is 16.7. The van der Waals surface area contributed by atoms with Crippen molar-refractivity contribution in [1.82, 2.24) is 10.2 Å². The number of nitrogens with zero attached hydrogens (tertiary/aromatic N) is 1. The van der Waals surface area contributed by atoms with Crippen LogP contribution in [0.25, 0.3) is 0 Å². The Balaban J connectivity index is 2.02. The van der Waals surface area contributed by atoms with Crippen LogP contribution in [0.4, 0.5) is 0 Å². The van der Waals surface area contributed by atoms with Gasteiger partial charge in [0.05, 0.1) is 6.04 Å². The summed E-state index contributed by atoms with van der Waals surface area (Å²) in [5, 5.41) is 2.86. The number of ether oxygens (including phenoxy) is 2. The molecule has 6 nitrogen and oxygen atoms in total. The molecule has 1 aromatic carbocycles. The number of carbonyl (C=O) groups excluding carboxylic acids is 2. The fourth-order valence-corrected chi connectivity index (χ4v) is 2.61. The van der Waals surface area contributed by atoms with Crippen LogP contribution in [0, 0.1) is 0 Å². The van der Waals surface area contributed by atoms with E-state index in [1.807, 2.05) is 37.3 Å². The molecule has 1 saturated heterocycles. The van der Waals surface area contributed by atoms with Crippen LogP contribution < -0.4 is 5.32 Å². The number of benzene rings is 1. The van der Waals surface area contributed by atoms with Crippen molar-refractivity contribution in [1.29, 1.82) is 0 Å². The number of hydrogen-bond donors (Lipinski definition) is 1. The van der Waals surface area contributed by atoms with E-state index in [4.69, 9.17) is 9.47 Å². The molecule has 0 aliphatic carbocycles. The first kappa shape index (κ1) is 17.4. The minimum Gasteiger partial charge on any atom is -0.382 e. The van der Waals surface area contributed by atoms with Gasteiger partial charge < -0.3 is 19.7 Å². The predicted octanol–water partition coefficient (Wildman–Crippen LogP) is 1.13. The third-order valence-electron chi connectivity index (χ3n) is 3.85. The maximum Gasteiger partial charge on any atom is 0.251 e. The van der Waals surface area contributed by atoms with E-state index < -0.39 is 12.1 Å². The minimum atomic E-state index is -0.702. The lowest BCUT2D eigenvalue weighted by Gasteiger charge is -2.38. The van der Waals surface area contributed by atoms with E-state index in [9.17, 15) is 9.59 Å². The second kappa shape index (κ2) is 8.64. The Labute approximate surface area is 136 Å². The molecule has 23 heavy (non-hydrogen) atoms. The maximum atomic E-state index is 12.5. The summed E-state index contributed by atoms with van der Waals surface area (Å²) in [5.41, 5.74) is 0.887. The van der Waals surface area contributed by atoms with Gasteiger partial charge in [-0.15, -0.1) is 0 Å². The Kier molecular flexibility index (Phi) is 6.55. The van der Waals surface area contributed by atoms with E-state index in [0.29, 0.717) is 19.8 Å². The lowest BCUT2D eigenvalue weighted by atomic mass is 9.97. The van der Waals surface area contributed by atoms with Crippen molar-refractivity contribution in [2.45, 2.75) is 25.5 Å². The van der Waals surface area contributed by atoms with Crippen molar-refractivity contribution in [3.63, 3.8) is 0 Å². The monoisotopic (exact) mass is 320 g/mol. The van der Waals surface area contributed by atoms with Crippen LogP contribution in [0.1, 0.15) is 24.9 Å². The summed E-state index contributed by atoms with van der Waals surface area (Å²) in [6.45, 7) is 3.67. The summed E-state index contributed by atoms with van der Waals surface area (Å²) in [6, 6.07) is 9.07. The third-order valence-corrected chi connectivity index (χ3v) is 3.85. The number of amides is 2. The second-order valence-electron chi connectivity index (χ2n) is 5.43. The molecule has 0 radical (unpaired) electrons. The molecule has 1 aromatic rings. The fraction of sp³-hybridized carbons (Fsp3) is 0.529. The molecule has 126 valence electrons. The molecule has 1 aliphatic heterocycles. The number of carbonyl (C=O) groups is 2. The Hall–Kier alpha value is -1.92. The van der Waals surface area contributed by atoms with Crippen LogP contribution in [0.3, 0.4) is 0 Å². The minimum absolute atomic E-state index is 0.0726. The zero-order valence-corrected chi connectivity index (χ0v) is 13.7. The van der Waals surface area contributed by atoms with E-state index >= 15 is 0 Å². The Morgan fingerprint density at radius 1 is 1.39 bits per heavy atom. The summed E-state index contributed by atoms with van der Waals surface area (Å²) in [4.78, 5) is 26.0. The first-order chi connectivity index (χ1) is 11.1. The van der Waals surface area contributed by atoms with Gasteiger partial charge in [-0.3, -0.25) is 9.59 Å². The van der Waals surface area contributed by atoms with Crippen LogP contribution >= 0.6 is 0 Å². The van der Waals surface area contributed by atoms with Crippen molar-refractivity contribution >= 4 is 11.8 Å². The summed E-state index contributed by atoms with van der Waals surface area (Å²) < 4.78 is 10.8. The van der Waals surface area contributed by atoms with Gasteiger partial charge in [-0.05, 0) is 18.9 Å². The first-order valence-corrected chi connectivity index (χ1v) is 7.92. The van der Waals surface area contributed by atoms with Crippen LogP contribution in [-0.4, -0.2) is 56.2 Å². The summed E-state index contributed by atoms with van der Waals surface area (Å²) in [7, 11) is 1.71. The lowest BCUT2D eigenvalue weighted by molar-refractivity contribution is -0.162. The van der Waals surface area contributed by atoms with Crippen LogP contribution in [0.5, 0.6) is 0 Å². The number of nitrogens with one attached hydrogen (secondary N) is 1. The maximum absolute atomic E-state index is 12.5. The molecular weight excluding hydrogens is 296 g/mol. The zero-order valence-electron chi connectivity index (χ0n) is 13.7. The molecule has 1 N–H and O–H groups in total. The Morgan fingerprint density at radius 2 is 2.13 bits per heavy atom. The van der Waals surface area contributed by atoms with Crippen molar-refractivity contribution < 1.29 is 19.1 Å². The molecule has 2 amide bonds. The number of likely N-dealkylation sites (N-methyl/N-ethyl adjacent to an activating group) is 1. The molecule has 6 heteroatoms. The van der Waals surface area contributed by atoms with Crippen LogP contribution in [0.2, 0.25) is 0 Å². The Bertz CT molecular complexity index is 521. The van der Waals surface area contributed by atoms with E-state index in [0.717, 1.165) is 12.0 Å². The van der Waals surface area contributed by atoms with Crippen molar-refractivity contribution in [3.8, 4) is 0 Å². The molecule has 0 aromatic heterocycles. The van der Waals surface area contributed by atoms with E-state index in [1.165, 1.54) is 0 Å². The van der Waals surface area contributed by atoms with Gasteiger partial charge in [0.1, 0.15) is 6.61 Å². The van der Waals surface area contributed by atoms with Crippen molar-refractivity contribution in [2.24, 2.45) is 0 Å². The van der Waals surface area contributed by atoms with Gasteiger partial charge in [-0.1, -0.05) is 30.3 Å². The molecular formula is C17H24N2O4.